The third kappa shape index (κ3) is 1.98. The highest BCUT2D eigenvalue weighted by Crippen LogP contribution is 2.29. The van der Waals surface area contributed by atoms with Gasteiger partial charge < -0.3 is 14.4 Å². The topological polar surface area (TPSA) is 64.3 Å². The highest BCUT2D eigenvalue weighted by molar-refractivity contribution is 5.90. The molecule has 1 fully saturated rings. The van der Waals surface area contributed by atoms with Crippen LogP contribution in [0.1, 0.15) is 29.5 Å². The zero-order valence-electron chi connectivity index (χ0n) is 10.2. The molecular weight excluding hydrogens is 251 g/mol. The summed E-state index contributed by atoms with van der Waals surface area (Å²) in [7, 11) is 0. The number of benzene rings is 1. The Morgan fingerprint density at radius 1 is 1.42 bits per heavy atom. The Balaban J connectivity index is 2.23. The van der Waals surface area contributed by atoms with Crippen molar-refractivity contribution < 1.29 is 19.0 Å². The van der Waals surface area contributed by atoms with Gasteiger partial charge in [0.2, 0.25) is 5.82 Å². The van der Waals surface area contributed by atoms with Gasteiger partial charge in [0.05, 0.1) is 5.52 Å². The molecule has 0 radical (unpaired) electrons. The third-order valence-corrected chi connectivity index (χ3v) is 3.41. The fourth-order valence-electron chi connectivity index (χ4n) is 2.56. The second-order valence-electron chi connectivity index (χ2n) is 4.56. The molecule has 0 spiro atoms. The molecule has 0 aliphatic carbocycles. The van der Waals surface area contributed by atoms with Crippen LogP contribution in [0.4, 0.5) is 4.39 Å². The van der Waals surface area contributed by atoms with Gasteiger partial charge in [0.1, 0.15) is 11.3 Å². The van der Waals surface area contributed by atoms with Gasteiger partial charge in [0.15, 0.2) is 0 Å². The Labute approximate surface area is 108 Å². The number of hydrogen-bond donors (Lipinski definition) is 1. The lowest BCUT2D eigenvalue weighted by Gasteiger charge is -2.25. The first-order valence-electron chi connectivity index (χ1n) is 6.16. The third-order valence-electron chi connectivity index (χ3n) is 3.41. The van der Waals surface area contributed by atoms with Crippen molar-refractivity contribution in [2.75, 3.05) is 13.2 Å². The largest absolute Gasteiger partial charge is 0.475 e. The quantitative estimate of drug-likeness (QED) is 0.903. The first kappa shape index (κ1) is 12.1. The molecule has 1 aliphatic heterocycles. The maximum Gasteiger partial charge on any atom is 0.372 e. The number of imidazole rings is 1. The second-order valence-corrected chi connectivity index (χ2v) is 4.56. The fraction of sp³-hybridized carbons (Fsp3) is 0.385. The minimum Gasteiger partial charge on any atom is -0.475 e. The number of halogens is 1. The molecule has 3 rings (SSSR count). The Kier molecular flexibility index (Phi) is 2.94. The monoisotopic (exact) mass is 264 g/mol. The van der Waals surface area contributed by atoms with Crippen LogP contribution in [-0.2, 0) is 4.74 Å². The minimum absolute atomic E-state index is 0.0817. The molecule has 1 aromatic carbocycles. The smallest absolute Gasteiger partial charge is 0.372 e. The van der Waals surface area contributed by atoms with Gasteiger partial charge in [-0.1, -0.05) is 6.07 Å². The number of carboxylic acid groups (broad SMARTS) is 1. The number of aromatic nitrogens is 2. The van der Waals surface area contributed by atoms with Crippen molar-refractivity contribution in [3.63, 3.8) is 0 Å². The molecule has 1 aromatic heterocycles. The van der Waals surface area contributed by atoms with E-state index in [1.807, 2.05) is 0 Å². The van der Waals surface area contributed by atoms with Gasteiger partial charge in [0, 0.05) is 19.3 Å². The number of carbonyl (C=O) groups is 1. The highest BCUT2D eigenvalue weighted by atomic mass is 19.1. The van der Waals surface area contributed by atoms with E-state index in [1.165, 1.54) is 16.7 Å². The Morgan fingerprint density at radius 2 is 2.16 bits per heavy atom. The van der Waals surface area contributed by atoms with E-state index in [4.69, 9.17) is 4.74 Å². The average Bonchev–Trinajstić information content (AvgIpc) is 2.81. The normalized spacial score (nSPS) is 16.9. The summed E-state index contributed by atoms with van der Waals surface area (Å²) in [5.41, 5.74) is 0.649. The van der Waals surface area contributed by atoms with Crippen molar-refractivity contribution in [3.8, 4) is 0 Å². The molecule has 6 heteroatoms. The predicted molar refractivity (Wildman–Crippen MR) is 65.7 cm³/mol. The standard InChI is InChI=1S/C13H13FN2O3/c14-9-2-1-3-10-11(9)16(12(15-10)13(17)18)8-4-6-19-7-5-8/h1-3,8H,4-7H2,(H,17,18). The molecule has 0 bridgehead atoms. The lowest BCUT2D eigenvalue weighted by atomic mass is 10.1. The molecule has 0 saturated carbocycles. The van der Waals surface area contributed by atoms with Gasteiger partial charge in [-0.25, -0.2) is 14.2 Å². The lowest BCUT2D eigenvalue weighted by Crippen LogP contribution is -2.23. The summed E-state index contributed by atoms with van der Waals surface area (Å²) in [5, 5.41) is 9.25. The van der Waals surface area contributed by atoms with E-state index >= 15 is 0 Å². The van der Waals surface area contributed by atoms with Crippen LogP contribution < -0.4 is 0 Å². The summed E-state index contributed by atoms with van der Waals surface area (Å²) in [6.45, 7) is 1.11. The number of fused-ring (bicyclic) bond motifs is 1. The summed E-state index contributed by atoms with van der Waals surface area (Å²) in [5.74, 6) is -1.68. The first-order valence-corrected chi connectivity index (χ1v) is 6.16. The van der Waals surface area contributed by atoms with Crippen molar-refractivity contribution >= 4 is 17.0 Å². The number of aromatic carboxylic acids is 1. The van der Waals surface area contributed by atoms with E-state index in [-0.39, 0.29) is 17.4 Å². The molecule has 1 N–H and O–H groups in total. The van der Waals surface area contributed by atoms with Crippen molar-refractivity contribution in [3.05, 3.63) is 29.8 Å². The van der Waals surface area contributed by atoms with E-state index in [2.05, 4.69) is 4.98 Å². The van der Waals surface area contributed by atoms with Crippen molar-refractivity contribution in [1.82, 2.24) is 9.55 Å². The SMILES string of the molecule is O=C(O)c1nc2cccc(F)c2n1C1CCOCC1. The van der Waals surface area contributed by atoms with Gasteiger partial charge in [-0.15, -0.1) is 0 Å². The summed E-state index contributed by atoms with van der Waals surface area (Å²) in [6.07, 6.45) is 1.33. The minimum atomic E-state index is -1.14. The predicted octanol–water partition coefficient (Wildman–Crippen LogP) is 2.23. The van der Waals surface area contributed by atoms with Crippen molar-refractivity contribution in [2.45, 2.75) is 18.9 Å². The van der Waals surface area contributed by atoms with E-state index in [0.29, 0.717) is 31.6 Å². The number of carboxylic acids is 1. The maximum atomic E-state index is 14.0. The van der Waals surface area contributed by atoms with E-state index < -0.39 is 11.8 Å². The summed E-state index contributed by atoms with van der Waals surface area (Å²) in [4.78, 5) is 15.3. The molecule has 0 atom stereocenters. The molecule has 5 nitrogen and oxygen atoms in total. The van der Waals surface area contributed by atoms with Crippen LogP contribution in [0, 0.1) is 5.82 Å². The van der Waals surface area contributed by atoms with Crippen LogP contribution in [0.2, 0.25) is 0 Å². The van der Waals surface area contributed by atoms with E-state index in [0.717, 1.165) is 0 Å². The summed E-state index contributed by atoms with van der Waals surface area (Å²) in [6, 6.07) is 4.40. The molecule has 2 aromatic rings. The van der Waals surface area contributed by atoms with Crippen LogP contribution in [0.25, 0.3) is 11.0 Å². The number of ether oxygens (including phenoxy) is 1. The van der Waals surface area contributed by atoms with Crippen LogP contribution in [-0.4, -0.2) is 33.8 Å². The molecular formula is C13H13FN2O3. The molecule has 1 aliphatic rings. The van der Waals surface area contributed by atoms with Gasteiger partial charge in [-0.2, -0.15) is 0 Å². The number of hydrogen-bond acceptors (Lipinski definition) is 3. The molecule has 100 valence electrons. The van der Waals surface area contributed by atoms with Crippen molar-refractivity contribution in [1.29, 1.82) is 0 Å². The average molecular weight is 264 g/mol. The summed E-state index contributed by atoms with van der Waals surface area (Å²) < 4.78 is 20.8. The number of rotatable bonds is 2. The molecule has 0 amide bonds. The number of nitrogens with zero attached hydrogens (tertiary/aromatic N) is 2. The second kappa shape index (κ2) is 4.62. The van der Waals surface area contributed by atoms with Crippen LogP contribution >= 0.6 is 0 Å². The van der Waals surface area contributed by atoms with Crippen molar-refractivity contribution in [2.24, 2.45) is 0 Å². The van der Waals surface area contributed by atoms with Crippen LogP contribution in [0.5, 0.6) is 0 Å². The molecule has 2 heterocycles. The van der Waals surface area contributed by atoms with Gasteiger partial charge >= 0.3 is 5.97 Å². The molecule has 19 heavy (non-hydrogen) atoms. The summed E-state index contributed by atoms with van der Waals surface area (Å²) >= 11 is 0. The Bertz CT molecular complexity index is 632. The molecule has 1 saturated heterocycles. The van der Waals surface area contributed by atoms with Gasteiger partial charge in [-0.3, -0.25) is 0 Å². The maximum absolute atomic E-state index is 14.0. The van der Waals surface area contributed by atoms with E-state index in [9.17, 15) is 14.3 Å². The van der Waals surface area contributed by atoms with Crippen LogP contribution in [0.15, 0.2) is 18.2 Å². The van der Waals surface area contributed by atoms with Gasteiger partial charge in [0.25, 0.3) is 0 Å². The molecule has 0 unspecified atom stereocenters. The first-order chi connectivity index (χ1) is 9.18. The fourth-order valence-corrected chi connectivity index (χ4v) is 2.56. The zero-order chi connectivity index (χ0) is 13.4. The highest BCUT2D eigenvalue weighted by Gasteiger charge is 2.26. The zero-order valence-corrected chi connectivity index (χ0v) is 10.2. The van der Waals surface area contributed by atoms with E-state index in [1.54, 1.807) is 6.07 Å². The Hall–Kier alpha value is -1.95. The Morgan fingerprint density at radius 3 is 2.84 bits per heavy atom. The van der Waals surface area contributed by atoms with Crippen LogP contribution in [0.3, 0.4) is 0 Å². The lowest BCUT2D eigenvalue weighted by molar-refractivity contribution is 0.0608. The number of para-hydroxylation sites is 1. The van der Waals surface area contributed by atoms with Gasteiger partial charge in [-0.05, 0) is 25.0 Å².